The number of rotatable bonds is 6. The van der Waals surface area contributed by atoms with E-state index in [1.165, 1.54) is 24.3 Å². The highest BCUT2D eigenvalue weighted by Crippen LogP contribution is 2.25. The third-order valence-electron chi connectivity index (χ3n) is 3.66. The fraction of sp³-hybridized carbons (Fsp3) is 0.100. The van der Waals surface area contributed by atoms with Gasteiger partial charge in [-0.15, -0.1) is 0 Å². The molecule has 0 heterocycles. The van der Waals surface area contributed by atoms with Crippen molar-refractivity contribution in [1.82, 2.24) is 0 Å². The first-order valence-corrected chi connectivity index (χ1v) is 8.13. The van der Waals surface area contributed by atoms with Gasteiger partial charge in [0.15, 0.2) is 0 Å². The van der Waals surface area contributed by atoms with Crippen molar-refractivity contribution in [1.29, 1.82) is 0 Å². The first kappa shape index (κ1) is 17.2. The van der Waals surface area contributed by atoms with E-state index in [9.17, 15) is 8.78 Å². The first-order chi connectivity index (χ1) is 12.1. The van der Waals surface area contributed by atoms with Crippen LogP contribution in [-0.4, -0.2) is 0 Å². The SMILES string of the molecule is Fc1ccc(COc2ccc(Cl)cc2CNc2ccc(F)cc2)cc1. The molecule has 3 rings (SSSR count). The van der Waals surface area contributed by atoms with E-state index >= 15 is 0 Å². The molecule has 5 heteroatoms. The number of halogens is 3. The van der Waals surface area contributed by atoms with Gasteiger partial charge in [0.05, 0.1) is 0 Å². The van der Waals surface area contributed by atoms with Gasteiger partial charge in [0.25, 0.3) is 0 Å². The van der Waals surface area contributed by atoms with Crippen molar-refractivity contribution in [2.45, 2.75) is 13.2 Å². The number of nitrogens with one attached hydrogen (secondary N) is 1. The molecular weight excluding hydrogens is 344 g/mol. The van der Waals surface area contributed by atoms with Crippen molar-refractivity contribution in [3.63, 3.8) is 0 Å². The molecule has 3 aromatic rings. The molecule has 0 amide bonds. The van der Waals surface area contributed by atoms with E-state index in [1.807, 2.05) is 6.07 Å². The number of ether oxygens (including phenoxy) is 1. The van der Waals surface area contributed by atoms with Gasteiger partial charge in [-0.3, -0.25) is 0 Å². The minimum atomic E-state index is -0.281. The van der Waals surface area contributed by atoms with Crippen LogP contribution in [0.15, 0.2) is 66.7 Å². The quantitative estimate of drug-likeness (QED) is 0.599. The van der Waals surface area contributed by atoms with Crippen molar-refractivity contribution < 1.29 is 13.5 Å². The molecule has 2 nitrogen and oxygen atoms in total. The second-order valence-electron chi connectivity index (χ2n) is 5.53. The van der Waals surface area contributed by atoms with E-state index in [-0.39, 0.29) is 11.6 Å². The van der Waals surface area contributed by atoms with Gasteiger partial charge in [-0.05, 0) is 60.2 Å². The largest absolute Gasteiger partial charge is 0.489 e. The van der Waals surface area contributed by atoms with E-state index in [0.29, 0.717) is 23.9 Å². The van der Waals surface area contributed by atoms with Crippen LogP contribution in [0.25, 0.3) is 0 Å². The summed E-state index contributed by atoms with van der Waals surface area (Å²) in [7, 11) is 0. The van der Waals surface area contributed by atoms with Crippen LogP contribution in [0.1, 0.15) is 11.1 Å². The number of hydrogen-bond donors (Lipinski definition) is 1. The van der Waals surface area contributed by atoms with Crippen LogP contribution in [0.4, 0.5) is 14.5 Å². The van der Waals surface area contributed by atoms with Crippen molar-refractivity contribution in [3.8, 4) is 5.75 Å². The minimum absolute atomic E-state index is 0.278. The highest BCUT2D eigenvalue weighted by molar-refractivity contribution is 6.30. The highest BCUT2D eigenvalue weighted by Gasteiger charge is 2.06. The van der Waals surface area contributed by atoms with Crippen molar-refractivity contribution in [2.75, 3.05) is 5.32 Å². The Morgan fingerprint density at radius 1 is 0.840 bits per heavy atom. The van der Waals surface area contributed by atoms with E-state index in [0.717, 1.165) is 16.8 Å². The second kappa shape index (κ2) is 7.99. The molecule has 0 unspecified atom stereocenters. The highest BCUT2D eigenvalue weighted by atomic mass is 35.5. The van der Waals surface area contributed by atoms with Gasteiger partial charge in [0, 0.05) is 22.8 Å². The monoisotopic (exact) mass is 359 g/mol. The van der Waals surface area contributed by atoms with Gasteiger partial charge in [-0.2, -0.15) is 0 Å². The van der Waals surface area contributed by atoms with Crippen LogP contribution in [0, 0.1) is 11.6 Å². The molecule has 0 aliphatic heterocycles. The average Bonchev–Trinajstić information content (AvgIpc) is 2.62. The molecule has 25 heavy (non-hydrogen) atoms. The Morgan fingerprint density at radius 2 is 1.48 bits per heavy atom. The summed E-state index contributed by atoms with van der Waals surface area (Å²) in [4.78, 5) is 0. The van der Waals surface area contributed by atoms with Crippen LogP contribution in [0.5, 0.6) is 5.75 Å². The van der Waals surface area contributed by atoms with Gasteiger partial charge < -0.3 is 10.1 Å². The van der Waals surface area contributed by atoms with Crippen LogP contribution in [0.2, 0.25) is 5.02 Å². The molecule has 0 saturated carbocycles. The third-order valence-corrected chi connectivity index (χ3v) is 3.89. The Kier molecular flexibility index (Phi) is 5.51. The first-order valence-electron chi connectivity index (χ1n) is 7.75. The lowest BCUT2D eigenvalue weighted by molar-refractivity contribution is 0.303. The van der Waals surface area contributed by atoms with Gasteiger partial charge >= 0.3 is 0 Å². The molecule has 0 aliphatic carbocycles. The summed E-state index contributed by atoms with van der Waals surface area (Å²) in [6.45, 7) is 0.802. The lowest BCUT2D eigenvalue weighted by Gasteiger charge is -2.13. The molecule has 3 aromatic carbocycles. The van der Waals surface area contributed by atoms with Gasteiger partial charge in [0.2, 0.25) is 0 Å². The standard InChI is InChI=1S/C20H16ClF2NO/c21-16-3-10-20(25-13-14-1-4-17(22)5-2-14)15(11-16)12-24-19-8-6-18(23)7-9-19/h1-11,24H,12-13H2. The van der Waals surface area contributed by atoms with Gasteiger partial charge in [-0.25, -0.2) is 8.78 Å². The Balaban J connectivity index is 1.69. The molecule has 0 aromatic heterocycles. The fourth-order valence-corrected chi connectivity index (χ4v) is 2.53. The summed E-state index contributed by atoms with van der Waals surface area (Å²) >= 11 is 6.08. The Labute approximate surface area is 150 Å². The van der Waals surface area contributed by atoms with Crippen molar-refractivity contribution >= 4 is 17.3 Å². The molecule has 0 fully saturated rings. The minimum Gasteiger partial charge on any atom is -0.489 e. The molecule has 1 N–H and O–H groups in total. The topological polar surface area (TPSA) is 21.3 Å². The third kappa shape index (κ3) is 4.94. The van der Waals surface area contributed by atoms with Gasteiger partial charge in [0.1, 0.15) is 24.0 Å². The molecule has 0 atom stereocenters. The fourth-order valence-electron chi connectivity index (χ4n) is 2.33. The molecule has 0 radical (unpaired) electrons. The summed E-state index contributed by atoms with van der Waals surface area (Å²) in [5, 5.41) is 3.81. The maximum atomic E-state index is 13.0. The van der Waals surface area contributed by atoms with E-state index in [1.54, 1.807) is 36.4 Å². The van der Waals surface area contributed by atoms with Crippen molar-refractivity contribution in [2.24, 2.45) is 0 Å². The molecule has 0 spiro atoms. The van der Waals surface area contributed by atoms with E-state index in [2.05, 4.69) is 5.32 Å². The smallest absolute Gasteiger partial charge is 0.124 e. The number of benzene rings is 3. The summed E-state index contributed by atoms with van der Waals surface area (Å²) in [5.74, 6) is 0.124. The zero-order valence-corrected chi connectivity index (χ0v) is 14.1. The number of anilines is 1. The summed E-state index contributed by atoms with van der Waals surface area (Å²) < 4.78 is 31.8. The van der Waals surface area contributed by atoms with Gasteiger partial charge in [-0.1, -0.05) is 23.7 Å². The number of hydrogen-bond acceptors (Lipinski definition) is 2. The Morgan fingerprint density at radius 3 is 2.16 bits per heavy atom. The van der Waals surface area contributed by atoms with Crippen LogP contribution >= 0.6 is 11.6 Å². The molecule has 0 saturated heterocycles. The zero-order valence-electron chi connectivity index (χ0n) is 13.3. The molecule has 128 valence electrons. The maximum Gasteiger partial charge on any atom is 0.124 e. The summed E-state index contributed by atoms with van der Waals surface area (Å²) in [6.07, 6.45) is 0. The van der Waals surface area contributed by atoms with Crippen LogP contribution < -0.4 is 10.1 Å². The predicted molar refractivity (Wildman–Crippen MR) is 95.9 cm³/mol. The predicted octanol–water partition coefficient (Wildman–Crippen LogP) is 5.81. The molecule has 0 bridgehead atoms. The lowest BCUT2D eigenvalue weighted by atomic mass is 10.2. The van der Waals surface area contributed by atoms with Crippen LogP contribution in [0.3, 0.4) is 0 Å². The average molecular weight is 360 g/mol. The Hall–Kier alpha value is -2.59. The normalized spacial score (nSPS) is 10.5. The molecule has 0 aliphatic rings. The lowest BCUT2D eigenvalue weighted by Crippen LogP contribution is -2.04. The van der Waals surface area contributed by atoms with Crippen molar-refractivity contribution in [3.05, 3.63) is 94.5 Å². The maximum absolute atomic E-state index is 13.0. The second-order valence-corrected chi connectivity index (χ2v) is 5.96. The summed E-state index contributed by atoms with van der Waals surface area (Å²) in [6, 6.07) is 17.7. The molecular formula is C20H16ClF2NO. The zero-order chi connectivity index (χ0) is 17.6. The van der Waals surface area contributed by atoms with Crippen LogP contribution in [-0.2, 0) is 13.2 Å². The Bertz CT molecular complexity index is 835. The van der Waals surface area contributed by atoms with E-state index in [4.69, 9.17) is 16.3 Å². The van der Waals surface area contributed by atoms with E-state index < -0.39 is 0 Å². The summed E-state index contributed by atoms with van der Waals surface area (Å²) in [5.41, 5.74) is 2.54.